The lowest BCUT2D eigenvalue weighted by Crippen LogP contribution is -2.11. The van der Waals surface area contributed by atoms with Gasteiger partial charge in [-0.25, -0.2) is 0 Å². The second kappa shape index (κ2) is 9.45. The van der Waals surface area contributed by atoms with Gasteiger partial charge in [0.1, 0.15) is 23.0 Å². The van der Waals surface area contributed by atoms with Gasteiger partial charge in [-0.2, -0.15) is 35.1 Å². The first-order valence-corrected chi connectivity index (χ1v) is 7.64. The van der Waals surface area contributed by atoms with Gasteiger partial charge in [0.05, 0.1) is 11.1 Å². The van der Waals surface area contributed by atoms with Crippen molar-refractivity contribution >= 4 is 11.4 Å². The summed E-state index contributed by atoms with van der Waals surface area (Å²) in [5.41, 5.74) is 8.29. The largest absolute Gasteiger partial charge is 0.434 e. The molecule has 0 spiro atoms. The van der Waals surface area contributed by atoms with Crippen LogP contribution in [0.4, 0.5) is 46.5 Å². The summed E-state index contributed by atoms with van der Waals surface area (Å²) in [7, 11) is 0. The van der Waals surface area contributed by atoms with Crippen molar-refractivity contribution in [3.05, 3.63) is 24.3 Å². The van der Waals surface area contributed by atoms with Gasteiger partial charge in [-0.1, -0.05) is 0 Å². The number of nitrogens with two attached hydrogens (primary N) is 2. The fourth-order valence-corrected chi connectivity index (χ4v) is 2.47. The van der Waals surface area contributed by atoms with E-state index >= 15 is 0 Å². The minimum absolute atomic E-state index is 0.409. The number of rotatable bonds is 9. The van der Waals surface area contributed by atoms with Gasteiger partial charge in [0, 0.05) is 35.6 Å². The van der Waals surface area contributed by atoms with Crippen LogP contribution in [0.2, 0.25) is 0 Å². The molecule has 0 unspecified atom stereocenters. The van der Waals surface area contributed by atoms with E-state index in [2.05, 4.69) is 18.9 Å². The SMILES string of the molecule is Nc1cc(OC(F)F)c(-c2c(OC(F)F)cc(N)cc2OC(F)F)c(OC(F)F)c1. The summed E-state index contributed by atoms with van der Waals surface area (Å²) in [6.07, 6.45) is 0. The van der Waals surface area contributed by atoms with Crippen LogP contribution >= 0.6 is 0 Å². The summed E-state index contributed by atoms with van der Waals surface area (Å²) >= 11 is 0. The minimum atomic E-state index is -3.54. The molecule has 14 heteroatoms. The Morgan fingerprint density at radius 2 is 0.667 bits per heavy atom. The Morgan fingerprint density at radius 1 is 0.467 bits per heavy atom. The third-order valence-electron chi connectivity index (χ3n) is 3.29. The van der Waals surface area contributed by atoms with Crippen molar-refractivity contribution in [2.45, 2.75) is 26.4 Å². The second-order valence-electron chi connectivity index (χ2n) is 5.30. The van der Waals surface area contributed by atoms with E-state index < -0.39 is 71.9 Å². The van der Waals surface area contributed by atoms with E-state index in [1.807, 2.05) is 0 Å². The van der Waals surface area contributed by atoms with Gasteiger partial charge in [-0.15, -0.1) is 0 Å². The molecule has 30 heavy (non-hydrogen) atoms. The molecule has 166 valence electrons. The highest BCUT2D eigenvalue weighted by Crippen LogP contribution is 2.51. The van der Waals surface area contributed by atoms with E-state index in [0.717, 1.165) is 0 Å². The molecule has 0 heterocycles. The first-order chi connectivity index (χ1) is 14.0. The Bertz CT molecular complexity index is 749. The third-order valence-corrected chi connectivity index (χ3v) is 3.29. The second-order valence-corrected chi connectivity index (χ2v) is 5.30. The molecule has 0 aromatic heterocycles. The molecule has 0 aliphatic carbocycles. The van der Waals surface area contributed by atoms with Crippen LogP contribution in [0.5, 0.6) is 23.0 Å². The van der Waals surface area contributed by atoms with Crippen molar-refractivity contribution in [2.75, 3.05) is 11.5 Å². The first-order valence-electron chi connectivity index (χ1n) is 7.64. The smallest absolute Gasteiger partial charge is 0.387 e. The van der Waals surface area contributed by atoms with Crippen molar-refractivity contribution in [3.63, 3.8) is 0 Å². The van der Waals surface area contributed by atoms with Crippen LogP contribution in [-0.2, 0) is 0 Å². The Kier molecular flexibility index (Phi) is 7.24. The molecule has 2 rings (SSSR count). The Hall–Kier alpha value is -3.32. The number of hydrogen-bond acceptors (Lipinski definition) is 6. The third kappa shape index (κ3) is 5.84. The maximum atomic E-state index is 12.9. The first kappa shape index (κ1) is 23.0. The summed E-state index contributed by atoms with van der Waals surface area (Å²) in [4.78, 5) is 0. The monoisotopic (exact) mass is 448 g/mol. The molecule has 0 bridgehead atoms. The van der Waals surface area contributed by atoms with Crippen LogP contribution in [-0.4, -0.2) is 26.4 Å². The minimum Gasteiger partial charge on any atom is -0.434 e. The zero-order valence-corrected chi connectivity index (χ0v) is 14.4. The molecule has 0 aliphatic rings. The topological polar surface area (TPSA) is 89.0 Å². The molecule has 0 aliphatic heterocycles. The van der Waals surface area contributed by atoms with E-state index in [9.17, 15) is 35.1 Å². The van der Waals surface area contributed by atoms with Crippen molar-refractivity contribution in [3.8, 4) is 34.1 Å². The number of ether oxygens (including phenoxy) is 4. The van der Waals surface area contributed by atoms with Crippen molar-refractivity contribution < 1.29 is 54.1 Å². The van der Waals surface area contributed by atoms with Crippen molar-refractivity contribution in [1.82, 2.24) is 0 Å². The molecular weight excluding hydrogens is 436 g/mol. The van der Waals surface area contributed by atoms with Crippen LogP contribution < -0.4 is 30.4 Å². The molecule has 6 nitrogen and oxygen atoms in total. The maximum Gasteiger partial charge on any atom is 0.387 e. The summed E-state index contributed by atoms with van der Waals surface area (Å²) in [6, 6.07) is 2.81. The summed E-state index contributed by atoms with van der Waals surface area (Å²) in [6.45, 7) is -14.2. The summed E-state index contributed by atoms with van der Waals surface area (Å²) < 4.78 is 120. The van der Waals surface area contributed by atoms with E-state index in [1.54, 1.807) is 0 Å². The predicted molar refractivity (Wildman–Crippen MR) is 87.2 cm³/mol. The maximum absolute atomic E-state index is 12.9. The highest BCUT2D eigenvalue weighted by atomic mass is 19.3. The Morgan fingerprint density at radius 3 is 0.833 bits per heavy atom. The quantitative estimate of drug-likeness (QED) is 0.418. The van der Waals surface area contributed by atoms with Gasteiger partial charge in [-0.05, 0) is 0 Å². The van der Waals surface area contributed by atoms with E-state index in [-0.39, 0.29) is 0 Å². The lowest BCUT2D eigenvalue weighted by atomic mass is 9.99. The van der Waals surface area contributed by atoms with Crippen LogP contribution in [0.25, 0.3) is 11.1 Å². The molecule has 0 amide bonds. The molecule has 2 aromatic rings. The molecule has 2 aromatic carbocycles. The zero-order chi connectivity index (χ0) is 22.6. The predicted octanol–water partition coefficient (Wildman–Crippen LogP) is 4.92. The van der Waals surface area contributed by atoms with Gasteiger partial charge < -0.3 is 30.4 Å². The fraction of sp³-hybridized carbons (Fsp3) is 0.250. The number of benzene rings is 2. The average Bonchev–Trinajstić information content (AvgIpc) is 2.53. The summed E-state index contributed by atoms with van der Waals surface area (Å²) in [5.74, 6) is -3.88. The van der Waals surface area contributed by atoms with Gasteiger partial charge in [0.2, 0.25) is 0 Å². The molecule has 0 saturated carbocycles. The van der Waals surface area contributed by atoms with Gasteiger partial charge >= 0.3 is 26.4 Å². The summed E-state index contributed by atoms with van der Waals surface area (Å²) in [5, 5.41) is 0. The van der Waals surface area contributed by atoms with E-state index in [1.165, 1.54) is 0 Å². The van der Waals surface area contributed by atoms with E-state index in [0.29, 0.717) is 24.3 Å². The molecule has 4 N–H and O–H groups in total. The standard InChI is InChI=1S/C16H12F8N2O4/c17-13(18)27-7-1-5(25)2-8(28-14(19)20)11(7)12-9(29-15(21)22)3-6(26)4-10(12)30-16(23)24/h1-4,13-16H,25-26H2. The fourth-order valence-electron chi connectivity index (χ4n) is 2.47. The number of halogens is 8. The Labute approximate surface area is 162 Å². The highest BCUT2D eigenvalue weighted by Gasteiger charge is 2.28. The number of hydrogen-bond donors (Lipinski definition) is 2. The van der Waals surface area contributed by atoms with Gasteiger partial charge in [-0.3, -0.25) is 0 Å². The highest BCUT2D eigenvalue weighted by molar-refractivity contribution is 5.88. The molecule has 0 atom stereocenters. The van der Waals surface area contributed by atoms with E-state index in [4.69, 9.17) is 11.5 Å². The van der Waals surface area contributed by atoms with Crippen molar-refractivity contribution in [2.24, 2.45) is 0 Å². The van der Waals surface area contributed by atoms with Crippen LogP contribution in [0.3, 0.4) is 0 Å². The van der Waals surface area contributed by atoms with Gasteiger partial charge in [0.15, 0.2) is 0 Å². The molecular formula is C16H12F8N2O4. The lowest BCUT2D eigenvalue weighted by Gasteiger charge is -2.21. The Balaban J connectivity index is 2.91. The number of alkyl halides is 8. The van der Waals surface area contributed by atoms with Gasteiger partial charge in [0.25, 0.3) is 0 Å². The van der Waals surface area contributed by atoms with Crippen molar-refractivity contribution in [1.29, 1.82) is 0 Å². The lowest BCUT2D eigenvalue weighted by molar-refractivity contribution is -0.0572. The number of nitrogen functional groups attached to an aromatic ring is 2. The normalized spacial score (nSPS) is 11.5. The number of anilines is 2. The van der Waals surface area contributed by atoms with Crippen LogP contribution in [0.1, 0.15) is 0 Å². The molecule has 0 saturated heterocycles. The zero-order valence-electron chi connectivity index (χ0n) is 14.4. The molecule has 0 fully saturated rings. The van der Waals surface area contributed by atoms with Crippen LogP contribution in [0, 0.1) is 0 Å². The molecule has 0 radical (unpaired) electrons. The average molecular weight is 448 g/mol. The van der Waals surface area contributed by atoms with Crippen LogP contribution in [0.15, 0.2) is 24.3 Å².